The zero-order valence-electron chi connectivity index (χ0n) is 11.9. The number of nitrogens with zero attached hydrogens (tertiary/aromatic N) is 1. The van der Waals surface area contributed by atoms with E-state index in [9.17, 15) is 5.11 Å². The first kappa shape index (κ1) is 13.1. The number of aliphatic imine (C=N–C) groups is 1. The molecule has 0 aromatic heterocycles. The highest BCUT2D eigenvalue weighted by Crippen LogP contribution is 2.25. The molecule has 2 aromatic rings. The second-order valence-corrected chi connectivity index (χ2v) is 5.52. The maximum atomic E-state index is 9.91. The first-order chi connectivity index (χ1) is 9.65. The lowest BCUT2D eigenvalue weighted by Gasteiger charge is -2.26. The van der Waals surface area contributed by atoms with Crippen molar-refractivity contribution in [1.29, 1.82) is 0 Å². The van der Waals surface area contributed by atoms with Gasteiger partial charge in [-0.25, -0.2) is 0 Å². The Morgan fingerprint density at radius 2 is 1.90 bits per heavy atom. The van der Waals surface area contributed by atoms with E-state index in [4.69, 9.17) is 4.99 Å². The van der Waals surface area contributed by atoms with Crippen molar-refractivity contribution in [1.82, 2.24) is 0 Å². The fourth-order valence-corrected chi connectivity index (χ4v) is 2.70. The molecule has 0 saturated heterocycles. The molecule has 0 saturated carbocycles. The molecule has 2 aromatic carbocycles. The molecule has 0 bridgehead atoms. The molecule has 2 atom stereocenters. The Labute approximate surface area is 119 Å². The molecule has 0 aliphatic carbocycles. The number of fused-ring (bicyclic) bond motifs is 1. The molecular weight excluding hydrogens is 246 g/mol. The molecule has 0 radical (unpaired) electrons. The third kappa shape index (κ3) is 2.39. The molecule has 2 nitrogen and oxygen atoms in total. The Kier molecular flexibility index (Phi) is 3.41. The van der Waals surface area contributed by atoms with Gasteiger partial charge in [0.15, 0.2) is 0 Å². The summed E-state index contributed by atoms with van der Waals surface area (Å²) in [5.74, 6) is 0. The highest BCUT2D eigenvalue weighted by molar-refractivity contribution is 6.14. The first-order valence-electron chi connectivity index (χ1n) is 7.06. The maximum Gasteiger partial charge on any atom is 0.0803 e. The van der Waals surface area contributed by atoms with Crippen molar-refractivity contribution in [2.75, 3.05) is 0 Å². The fraction of sp³-hybridized carbons (Fsp3) is 0.278. The van der Waals surface area contributed by atoms with Gasteiger partial charge in [0.1, 0.15) is 0 Å². The third-order valence-electron chi connectivity index (χ3n) is 3.85. The molecule has 1 N–H and O–H groups in total. The predicted molar refractivity (Wildman–Crippen MR) is 82.4 cm³/mol. The summed E-state index contributed by atoms with van der Waals surface area (Å²) in [5, 5.41) is 9.91. The second kappa shape index (κ2) is 5.22. The van der Waals surface area contributed by atoms with Crippen molar-refractivity contribution >= 4 is 5.71 Å². The fourth-order valence-electron chi connectivity index (χ4n) is 2.70. The molecule has 2 unspecified atom stereocenters. The van der Waals surface area contributed by atoms with Gasteiger partial charge >= 0.3 is 0 Å². The van der Waals surface area contributed by atoms with Crippen molar-refractivity contribution in [3.63, 3.8) is 0 Å². The van der Waals surface area contributed by atoms with Gasteiger partial charge in [-0.15, -0.1) is 0 Å². The Hall–Kier alpha value is -1.93. The van der Waals surface area contributed by atoms with Crippen molar-refractivity contribution in [2.45, 2.75) is 32.4 Å². The van der Waals surface area contributed by atoms with Crippen molar-refractivity contribution in [2.24, 2.45) is 4.99 Å². The SMILES string of the molecule is Cc1ccc2c(c1)C(c1ccccc1)=NC(C(C)O)C2. The number of hydrogen-bond donors (Lipinski definition) is 1. The van der Waals surface area contributed by atoms with E-state index in [1.165, 1.54) is 16.7 Å². The van der Waals surface area contributed by atoms with Crippen LogP contribution in [0.15, 0.2) is 53.5 Å². The Morgan fingerprint density at radius 3 is 2.60 bits per heavy atom. The van der Waals surface area contributed by atoms with E-state index in [0.29, 0.717) is 0 Å². The third-order valence-corrected chi connectivity index (χ3v) is 3.85. The summed E-state index contributed by atoms with van der Waals surface area (Å²) in [4.78, 5) is 4.80. The predicted octanol–water partition coefficient (Wildman–Crippen LogP) is 3.14. The van der Waals surface area contributed by atoms with Gasteiger partial charge in [-0.05, 0) is 31.9 Å². The zero-order chi connectivity index (χ0) is 14.1. The monoisotopic (exact) mass is 265 g/mol. The minimum absolute atomic E-state index is 0.0552. The Balaban J connectivity index is 2.15. The summed E-state index contributed by atoms with van der Waals surface area (Å²) in [6, 6.07) is 16.7. The molecule has 0 fully saturated rings. The van der Waals surface area contributed by atoms with E-state index >= 15 is 0 Å². The van der Waals surface area contributed by atoms with Crippen LogP contribution in [0, 0.1) is 6.92 Å². The summed E-state index contributed by atoms with van der Waals surface area (Å²) in [6.07, 6.45) is 0.382. The van der Waals surface area contributed by atoms with Crippen LogP contribution in [-0.4, -0.2) is 23.0 Å². The number of benzene rings is 2. The normalized spacial score (nSPS) is 19.1. The van der Waals surface area contributed by atoms with E-state index in [-0.39, 0.29) is 6.04 Å². The molecular formula is C18H19NO. The van der Waals surface area contributed by atoms with Crippen LogP contribution in [0.25, 0.3) is 0 Å². The van der Waals surface area contributed by atoms with E-state index in [1.807, 2.05) is 25.1 Å². The van der Waals surface area contributed by atoms with Crippen LogP contribution in [0.1, 0.15) is 29.2 Å². The summed E-state index contributed by atoms with van der Waals surface area (Å²) >= 11 is 0. The molecule has 3 rings (SSSR count). The average molecular weight is 265 g/mol. The second-order valence-electron chi connectivity index (χ2n) is 5.52. The highest BCUT2D eigenvalue weighted by atomic mass is 16.3. The van der Waals surface area contributed by atoms with E-state index in [1.54, 1.807) is 0 Å². The van der Waals surface area contributed by atoms with Gasteiger partial charge in [0, 0.05) is 11.1 Å². The Morgan fingerprint density at radius 1 is 1.15 bits per heavy atom. The van der Waals surface area contributed by atoms with Crippen LogP contribution in [0.2, 0.25) is 0 Å². The molecule has 0 amide bonds. The number of aliphatic hydroxyl groups is 1. The van der Waals surface area contributed by atoms with E-state index in [0.717, 1.165) is 17.7 Å². The zero-order valence-corrected chi connectivity index (χ0v) is 11.9. The highest BCUT2D eigenvalue weighted by Gasteiger charge is 2.24. The van der Waals surface area contributed by atoms with E-state index in [2.05, 4.69) is 37.3 Å². The molecule has 1 aliphatic rings. The van der Waals surface area contributed by atoms with Gasteiger partial charge in [-0.1, -0.05) is 48.0 Å². The standard InChI is InChI=1S/C18H19NO/c1-12-8-9-15-11-17(13(2)20)19-18(16(15)10-12)14-6-4-3-5-7-14/h3-10,13,17,20H,11H2,1-2H3. The lowest BCUT2D eigenvalue weighted by Crippen LogP contribution is -2.30. The van der Waals surface area contributed by atoms with Crippen LogP contribution < -0.4 is 0 Å². The average Bonchev–Trinajstić information content (AvgIpc) is 2.47. The number of aliphatic hydroxyl groups excluding tert-OH is 1. The molecule has 1 heterocycles. The number of hydrogen-bond acceptors (Lipinski definition) is 2. The minimum atomic E-state index is -0.428. The van der Waals surface area contributed by atoms with Crippen molar-refractivity contribution in [3.05, 3.63) is 70.8 Å². The van der Waals surface area contributed by atoms with Gasteiger partial charge in [0.2, 0.25) is 0 Å². The molecule has 20 heavy (non-hydrogen) atoms. The van der Waals surface area contributed by atoms with Crippen LogP contribution in [0.4, 0.5) is 0 Å². The summed E-state index contributed by atoms with van der Waals surface area (Å²) in [7, 11) is 0. The molecule has 2 heteroatoms. The summed E-state index contributed by atoms with van der Waals surface area (Å²) in [6.45, 7) is 3.92. The topological polar surface area (TPSA) is 32.6 Å². The van der Waals surface area contributed by atoms with Crippen LogP contribution in [-0.2, 0) is 6.42 Å². The van der Waals surface area contributed by atoms with Crippen molar-refractivity contribution < 1.29 is 5.11 Å². The van der Waals surface area contributed by atoms with Gasteiger partial charge < -0.3 is 5.11 Å². The molecule has 1 aliphatic heterocycles. The number of rotatable bonds is 2. The van der Waals surface area contributed by atoms with Crippen LogP contribution in [0.5, 0.6) is 0 Å². The maximum absolute atomic E-state index is 9.91. The van der Waals surface area contributed by atoms with Gasteiger partial charge in [-0.3, -0.25) is 4.99 Å². The lowest BCUT2D eigenvalue weighted by atomic mass is 9.88. The van der Waals surface area contributed by atoms with Gasteiger partial charge in [0.05, 0.1) is 17.9 Å². The smallest absolute Gasteiger partial charge is 0.0803 e. The van der Waals surface area contributed by atoms with Crippen molar-refractivity contribution in [3.8, 4) is 0 Å². The molecule has 102 valence electrons. The Bertz CT molecular complexity index is 644. The number of aryl methyl sites for hydroxylation is 1. The van der Waals surface area contributed by atoms with Gasteiger partial charge in [0.25, 0.3) is 0 Å². The van der Waals surface area contributed by atoms with Crippen LogP contribution in [0.3, 0.4) is 0 Å². The first-order valence-corrected chi connectivity index (χ1v) is 7.06. The van der Waals surface area contributed by atoms with Gasteiger partial charge in [-0.2, -0.15) is 0 Å². The van der Waals surface area contributed by atoms with E-state index < -0.39 is 6.10 Å². The summed E-state index contributed by atoms with van der Waals surface area (Å²) in [5.41, 5.74) is 5.83. The summed E-state index contributed by atoms with van der Waals surface area (Å²) < 4.78 is 0. The van der Waals surface area contributed by atoms with Crippen LogP contribution >= 0.6 is 0 Å². The minimum Gasteiger partial charge on any atom is -0.391 e. The molecule has 0 spiro atoms. The lowest BCUT2D eigenvalue weighted by molar-refractivity contribution is 0.163. The largest absolute Gasteiger partial charge is 0.391 e. The quantitative estimate of drug-likeness (QED) is 0.889.